The first-order valence-corrected chi connectivity index (χ1v) is 10.6. The van der Waals surface area contributed by atoms with Crippen molar-refractivity contribution in [1.29, 1.82) is 0 Å². The Kier molecular flexibility index (Phi) is 6.63. The molecule has 0 spiro atoms. The van der Waals surface area contributed by atoms with Gasteiger partial charge in [0.05, 0.1) is 6.10 Å². The van der Waals surface area contributed by atoms with Crippen LogP contribution in [-0.4, -0.2) is 41.8 Å². The Balaban J connectivity index is 1.28. The summed E-state index contributed by atoms with van der Waals surface area (Å²) in [6.07, 6.45) is -2.00. The fraction of sp³-hybridized carbons (Fsp3) is 0.231. The number of aliphatic hydroxyl groups is 2. The lowest BCUT2D eigenvalue weighted by Gasteiger charge is -2.19. The number of amides is 1. The van der Waals surface area contributed by atoms with Crippen molar-refractivity contribution in [2.75, 3.05) is 13.2 Å². The molecule has 3 aromatic rings. The summed E-state index contributed by atoms with van der Waals surface area (Å²) in [5.74, 6) is -0.0225. The van der Waals surface area contributed by atoms with Gasteiger partial charge in [-0.25, -0.2) is 4.79 Å². The van der Waals surface area contributed by atoms with Gasteiger partial charge in [0.15, 0.2) is 0 Å². The van der Waals surface area contributed by atoms with Crippen LogP contribution < -0.4 is 5.32 Å². The van der Waals surface area contributed by atoms with Gasteiger partial charge in [0, 0.05) is 18.0 Å². The molecule has 4 rings (SSSR count). The maximum atomic E-state index is 12.2. The predicted molar refractivity (Wildman–Crippen MR) is 120 cm³/mol. The summed E-state index contributed by atoms with van der Waals surface area (Å²) in [4.78, 5) is 23.1. The number of ether oxygens (including phenoxy) is 1. The largest absolute Gasteiger partial charge is 0.449 e. The van der Waals surface area contributed by atoms with E-state index in [-0.39, 0.29) is 25.5 Å². The molecule has 3 N–H and O–H groups in total. The van der Waals surface area contributed by atoms with Crippen LogP contribution in [0.4, 0.5) is 4.79 Å². The maximum absolute atomic E-state index is 12.2. The van der Waals surface area contributed by atoms with Gasteiger partial charge in [0.2, 0.25) is 0 Å². The number of rotatable bonds is 8. The number of aliphatic hydroxyl groups excluding tert-OH is 2. The highest BCUT2D eigenvalue weighted by atomic mass is 16.5. The van der Waals surface area contributed by atoms with Gasteiger partial charge in [-0.2, -0.15) is 0 Å². The average Bonchev–Trinajstić information content (AvgIpc) is 3.16. The molecule has 0 bridgehead atoms. The van der Waals surface area contributed by atoms with Gasteiger partial charge in [0.25, 0.3) is 0 Å². The second-order valence-electron chi connectivity index (χ2n) is 7.84. The molecule has 1 amide bonds. The Morgan fingerprint density at radius 3 is 2.28 bits per heavy atom. The lowest BCUT2D eigenvalue weighted by atomic mass is 9.98. The number of hydrogen-bond donors (Lipinski definition) is 3. The number of fused-ring (bicyclic) bond motifs is 3. The zero-order chi connectivity index (χ0) is 22.5. The van der Waals surface area contributed by atoms with E-state index in [0.717, 1.165) is 22.3 Å². The van der Waals surface area contributed by atoms with Crippen LogP contribution in [0.5, 0.6) is 0 Å². The topological polar surface area (TPSA) is 95.9 Å². The second-order valence-corrected chi connectivity index (χ2v) is 7.84. The van der Waals surface area contributed by atoms with Crippen molar-refractivity contribution < 1.29 is 24.5 Å². The highest BCUT2D eigenvalue weighted by Gasteiger charge is 2.29. The third kappa shape index (κ3) is 4.56. The van der Waals surface area contributed by atoms with E-state index in [1.54, 1.807) is 18.2 Å². The highest BCUT2D eigenvalue weighted by molar-refractivity contribution is 5.79. The molecule has 32 heavy (non-hydrogen) atoms. The lowest BCUT2D eigenvalue weighted by Crippen LogP contribution is -2.30. The summed E-state index contributed by atoms with van der Waals surface area (Å²) in [6, 6.07) is 22.7. The van der Waals surface area contributed by atoms with Gasteiger partial charge in [-0.15, -0.1) is 0 Å². The number of carbonyl (C=O) groups is 2. The highest BCUT2D eigenvalue weighted by Crippen LogP contribution is 2.44. The summed E-state index contributed by atoms with van der Waals surface area (Å²) in [5.41, 5.74) is 5.46. The third-order valence-electron chi connectivity index (χ3n) is 5.81. The van der Waals surface area contributed by atoms with E-state index in [1.165, 1.54) is 6.07 Å². The van der Waals surface area contributed by atoms with E-state index in [9.17, 15) is 19.8 Å². The van der Waals surface area contributed by atoms with Crippen LogP contribution in [0.25, 0.3) is 11.1 Å². The zero-order valence-corrected chi connectivity index (χ0v) is 17.5. The monoisotopic (exact) mass is 431 g/mol. The third-order valence-corrected chi connectivity index (χ3v) is 5.81. The van der Waals surface area contributed by atoms with Crippen LogP contribution >= 0.6 is 0 Å². The number of carbonyl (C=O) groups excluding carboxylic acids is 2. The van der Waals surface area contributed by atoms with Gasteiger partial charge in [-0.1, -0.05) is 66.7 Å². The van der Waals surface area contributed by atoms with Crippen molar-refractivity contribution in [3.05, 3.63) is 95.1 Å². The van der Waals surface area contributed by atoms with Crippen molar-refractivity contribution in [2.45, 2.75) is 24.5 Å². The van der Waals surface area contributed by atoms with E-state index in [1.807, 2.05) is 24.3 Å². The van der Waals surface area contributed by atoms with Crippen molar-refractivity contribution in [2.24, 2.45) is 0 Å². The Labute approximate surface area is 186 Å². The average molecular weight is 431 g/mol. The molecular formula is C26H25NO5. The molecule has 0 heterocycles. The number of aldehydes is 1. The molecule has 3 aromatic carbocycles. The van der Waals surface area contributed by atoms with Crippen LogP contribution in [-0.2, 0) is 4.74 Å². The first-order chi connectivity index (χ1) is 15.6. The molecule has 6 nitrogen and oxygen atoms in total. The molecule has 1 aliphatic carbocycles. The zero-order valence-electron chi connectivity index (χ0n) is 17.5. The molecule has 164 valence electrons. The van der Waals surface area contributed by atoms with Gasteiger partial charge >= 0.3 is 6.09 Å². The lowest BCUT2D eigenvalue weighted by molar-refractivity contribution is 0.0136. The number of alkyl carbamates (subject to hydrolysis) is 1. The smallest absolute Gasteiger partial charge is 0.407 e. The molecule has 0 saturated carbocycles. The number of nitrogens with one attached hydrogen (secondary N) is 1. The predicted octanol–water partition coefficient (Wildman–Crippen LogP) is 3.82. The fourth-order valence-corrected chi connectivity index (χ4v) is 4.17. The van der Waals surface area contributed by atoms with Gasteiger partial charge in [0.1, 0.15) is 19.0 Å². The van der Waals surface area contributed by atoms with Crippen LogP contribution in [0.1, 0.15) is 45.5 Å². The normalized spacial score (nSPS) is 14.2. The van der Waals surface area contributed by atoms with Crippen LogP contribution in [0.2, 0.25) is 0 Å². The van der Waals surface area contributed by atoms with Crippen molar-refractivity contribution >= 4 is 12.4 Å². The molecule has 0 aliphatic heterocycles. The van der Waals surface area contributed by atoms with Gasteiger partial charge < -0.3 is 20.3 Å². The van der Waals surface area contributed by atoms with E-state index >= 15 is 0 Å². The first kappa shape index (κ1) is 21.7. The number of hydrogen-bond acceptors (Lipinski definition) is 5. The second kappa shape index (κ2) is 9.77. The minimum atomic E-state index is -1.15. The molecule has 0 saturated heterocycles. The Morgan fingerprint density at radius 1 is 0.969 bits per heavy atom. The molecule has 0 fully saturated rings. The van der Waals surface area contributed by atoms with E-state index in [2.05, 4.69) is 29.6 Å². The summed E-state index contributed by atoms with van der Waals surface area (Å²) in [5, 5.41) is 23.2. The van der Waals surface area contributed by atoms with Crippen molar-refractivity contribution in [3.8, 4) is 11.1 Å². The Morgan fingerprint density at radius 2 is 1.62 bits per heavy atom. The summed E-state index contributed by atoms with van der Waals surface area (Å²) in [7, 11) is 0. The van der Waals surface area contributed by atoms with Crippen LogP contribution in [0.15, 0.2) is 72.8 Å². The van der Waals surface area contributed by atoms with E-state index in [0.29, 0.717) is 17.4 Å². The van der Waals surface area contributed by atoms with E-state index < -0.39 is 18.3 Å². The standard InChI is InChI=1S/C26H25NO5/c28-15-17-6-5-7-18(14-17)25(30)24(29)12-13-27-26(31)32-16-23-21-10-3-1-8-19(21)20-9-2-4-11-22(20)23/h1-11,14-15,23-25,29-30H,12-13,16H2,(H,27,31). The Bertz CT molecular complexity index is 1070. The van der Waals surface area contributed by atoms with Gasteiger partial charge in [-0.05, 0) is 40.3 Å². The molecule has 0 aromatic heterocycles. The number of benzene rings is 3. The van der Waals surface area contributed by atoms with Crippen LogP contribution in [0.3, 0.4) is 0 Å². The Hall–Kier alpha value is -3.48. The SMILES string of the molecule is O=Cc1cccc(C(O)C(O)CCNC(=O)OCC2c3ccccc3-c3ccccc32)c1. The molecule has 0 radical (unpaired) electrons. The summed E-state index contributed by atoms with van der Waals surface area (Å²) < 4.78 is 5.46. The van der Waals surface area contributed by atoms with E-state index in [4.69, 9.17) is 4.74 Å². The molecule has 6 heteroatoms. The first-order valence-electron chi connectivity index (χ1n) is 10.6. The quantitative estimate of drug-likeness (QED) is 0.471. The summed E-state index contributed by atoms with van der Waals surface area (Å²) >= 11 is 0. The van der Waals surface area contributed by atoms with Crippen molar-refractivity contribution in [3.63, 3.8) is 0 Å². The molecular weight excluding hydrogens is 406 g/mol. The van der Waals surface area contributed by atoms with Crippen LogP contribution in [0, 0.1) is 0 Å². The minimum absolute atomic E-state index is 0.0225. The molecule has 1 aliphatic rings. The summed E-state index contributed by atoms with van der Waals surface area (Å²) in [6.45, 7) is 0.353. The fourth-order valence-electron chi connectivity index (χ4n) is 4.17. The molecule has 2 atom stereocenters. The van der Waals surface area contributed by atoms with Crippen molar-refractivity contribution in [1.82, 2.24) is 5.32 Å². The maximum Gasteiger partial charge on any atom is 0.407 e. The molecule has 2 unspecified atom stereocenters. The van der Waals surface area contributed by atoms with Gasteiger partial charge in [-0.3, -0.25) is 4.79 Å². The minimum Gasteiger partial charge on any atom is -0.449 e.